The van der Waals surface area contributed by atoms with E-state index in [4.69, 9.17) is 9.84 Å². The summed E-state index contributed by atoms with van der Waals surface area (Å²) in [4.78, 5) is 26.5. The summed E-state index contributed by atoms with van der Waals surface area (Å²) in [7, 11) is 0. The Balaban J connectivity index is 1.75. The van der Waals surface area contributed by atoms with Crippen molar-refractivity contribution < 1.29 is 19.4 Å². The van der Waals surface area contributed by atoms with Gasteiger partial charge >= 0.3 is 5.97 Å². The Morgan fingerprint density at radius 2 is 2.30 bits per heavy atom. The molecule has 7 heteroatoms. The number of thioether (sulfide) groups is 1. The van der Waals surface area contributed by atoms with Gasteiger partial charge in [0.05, 0.1) is 13.2 Å². The van der Waals surface area contributed by atoms with Crippen LogP contribution in [0.4, 0.5) is 0 Å². The maximum absolute atomic E-state index is 12.6. The first kappa shape index (κ1) is 13.9. The molecule has 1 fully saturated rings. The fourth-order valence-electron chi connectivity index (χ4n) is 2.52. The Labute approximate surface area is 124 Å². The Hall–Kier alpha value is -1.05. The second-order valence-corrected chi connectivity index (χ2v) is 7.00. The summed E-state index contributed by atoms with van der Waals surface area (Å²) in [6.07, 6.45) is 0.116. The van der Waals surface area contributed by atoms with E-state index < -0.39 is 12.1 Å². The number of carbonyl (C=O) groups is 2. The Morgan fingerprint density at radius 3 is 3.10 bits per heavy atom. The Bertz CT molecular complexity index is 530. The van der Waals surface area contributed by atoms with Crippen molar-refractivity contribution in [3.63, 3.8) is 0 Å². The molecule has 5 nitrogen and oxygen atoms in total. The predicted octanol–water partition coefficient (Wildman–Crippen LogP) is 1.39. The summed E-state index contributed by atoms with van der Waals surface area (Å²) >= 11 is 3.34. The molecule has 1 aromatic rings. The number of amides is 1. The third-order valence-corrected chi connectivity index (χ3v) is 5.78. The molecule has 0 spiro atoms. The van der Waals surface area contributed by atoms with Gasteiger partial charge in [-0.05, 0) is 29.2 Å². The predicted molar refractivity (Wildman–Crippen MR) is 77.2 cm³/mol. The minimum atomic E-state index is -1.00. The minimum Gasteiger partial charge on any atom is -0.479 e. The number of carbonyl (C=O) groups excluding carboxylic acids is 1. The average Bonchev–Trinajstić information content (AvgIpc) is 2.95. The zero-order chi connectivity index (χ0) is 14.1. The van der Waals surface area contributed by atoms with Crippen molar-refractivity contribution in [3.05, 3.63) is 21.9 Å². The fraction of sp³-hybridized carbons (Fsp3) is 0.538. The van der Waals surface area contributed by atoms with Crippen LogP contribution in [0.5, 0.6) is 0 Å². The molecule has 1 aromatic heterocycles. The van der Waals surface area contributed by atoms with Crippen molar-refractivity contribution in [1.29, 1.82) is 0 Å². The summed E-state index contributed by atoms with van der Waals surface area (Å²) in [5.74, 6) is -0.0460. The highest BCUT2D eigenvalue weighted by atomic mass is 32.2. The highest BCUT2D eigenvalue weighted by Crippen LogP contribution is 2.40. The van der Waals surface area contributed by atoms with Gasteiger partial charge < -0.3 is 14.7 Å². The second-order valence-electron chi connectivity index (χ2n) is 4.78. The van der Waals surface area contributed by atoms with Crippen LogP contribution in [0.1, 0.15) is 15.7 Å². The SMILES string of the molecule is O=C(O)[C@H]1CN(C(=O)[C@@H]2SCCc3sccc32)CCO1. The van der Waals surface area contributed by atoms with E-state index in [0.29, 0.717) is 6.54 Å². The summed E-state index contributed by atoms with van der Waals surface area (Å²) in [5.41, 5.74) is 1.11. The maximum atomic E-state index is 12.6. The molecule has 3 heterocycles. The standard InChI is InChI=1S/C13H15NO4S2/c15-12(14-3-4-18-9(7-14)13(16)17)11-8-1-5-19-10(8)2-6-20-11/h1,5,9,11H,2-4,6-7H2,(H,16,17)/t9-,11-/m1/s1. The van der Waals surface area contributed by atoms with Crippen LogP contribution in [-0.2, 0) is 20.7 Å². The molecule has 1 amide bonds. The van der Waals surface area contributed by atoms with Gasteiger partial charge in [0.25, 0.3) is 0 Å². The first-order valence-corrected chi connectivity index (χ1v) is 8.40. The van der Waals surface area contributed by atoms with E-state index in [9.17, 15) is 9.59 Å². The molecule has 1 saturated heterocycles. The quantitative estimate of drug-likeness (QED) is 0.894. The summed E-state index contributed by atoms with van der Waals surface area (Å²) in [6, 6.07) is 2.02. The summed E-state index contributed by atoms with van der Waals surface area (Å²) < 4.78 is 5.16. The fourth-order valence-corrected chi connectivity index (χ4v) is 4.89. The van der Waals surface area contributed by atoms with Crippen LogP contribution in [0.2, 0.25) is 0 Å². The molecule has 0 saturated carbocycles. The van der Waals surface area contributed by atoms with Crippen LogP contribution < -0.4 is 0 Å². The van der Waals surface area contributed by atoms with Crippen LogP contribution in [-0.4, -0.2) is 53.4 Å². The molecule has 0 aromatic carbocycles. The molecule has 3 rings (SSSR count). The molecule has 108 valence electrons. The number of carboxylic acids is 1. The van der Waals surface area contributed by atoms with Gasteiger partial charge in [0.2, 0.25) is 5.91 Å². The number of nitrogens with zero attached hydrogens (tertiary/aromatic N) is 1. The smallest absolute Gasteiger partial charge is 0.334 e. The monoisotopic (exact) mass is 313 g/mol. The van der Waals surface area contributed by atoms with E-state index in [2.05, 4.69) is 0 Å². The number of hydrogen-bond acceptors (Lipinski definition) is 5. The second kappa shape index (κ2) is 5.75. The van der Waals surface area contributed by atoms with Crippen LogP contribution >= 0.6 is 23.1 Å². The van der Waals surface area contributed by atoms with Crippen LogP contribution in [0.25, 0.3) is 0 Å². The number of aliphatic carboxylic acids is 1. The van der Waals surface area contributed by atoms with Gasteiger partial charge in [-0.1, -0.05) is 0 Å². The summed E-state index contributed by atoms with van der Waals surface area (Å²) in [5, 5.41) is 10.8. The molecule has 0 radical (unpaired) electrons. The molecular weight excluding hydrogens is 298 g/mol. The van der Waals surface area contributed by atoms with Crippen molar-refractivity contribution >= 4 is 35.0 Å². The number of ether oxygens (including phenoxy) is 1. The average molecular weight is 313 g/mol. The van der Waals surface area contributed by atoms with E-state index in [1.165, 1.54) is 4.88 Å². The zero-order valence-corrected chi connectivity index (χ0v) is 12.4. The lowest BCUT2D eigenvalue weighted by molar-refractivity contribution is -0.159. The van der Waals surface area contributed by atoms with E-state index in [-0.39, 0.29) is 24.3 Å². The number of fused-ring (bicyclic) bond motifs is 1. The van der Waals surface area contributed by atoms with Crippen molar-refractivity contribution in [2.75, 3.05) is 25.4 Å². The third kappa shape index (κ3) is 2.57. The van der Waals surface area contributed by atoms with E-state index in [0.717, 1.165) is 17.7 Å². The number of rotatable bonds is 2. The van der Waals surface area contributed by atoms with Gasteiger partial charge in [0, 0.05) is 11.4 Å². The van der Waals surface area contributed by atoms with E-state index >= 15 is 0 Å². The molecule has 2 aliphatic heterocycles. The maximum Gasteiger partial charge on any atom is 0.334 e. The zero-order valence-electron chi connectivity index (χ0n) is 10.8. The lowest BCUT2D eigenvalue weighted by Crippen LogP contribution is -2.49. The minimum absolute atomic E-state index is 0.0175. The molecular formula is C13H15NO4S2. The number of aryl methyl sites for hydroxylation is 1. The van der Waals surface area contributed by atoms with Crippen molar-refractivity contribution in [2.45, 2.75) is 17.8 Å². The number of hydrogen-bond donors (Lipinski definition) is 1. The highest BCUT2D eigenvalue weighted by molar-refractivity contribution is 8.00. The number of morpholine rings is 1. The molecule has 20 heavy (non-hydrogen) atoms. The van der Waals surface area contributed by atoms with Crippen molar-refractivity contribution in [2.24, 2.45) is 0 Å². The van der Waals surface area contributed by atoms with E-state index in [1.54, 1.807) is 28.0 Å². The first-order chi connectivity index (χ1) is 9.66. The Morgan fingerprint density at radius 1 is 1.45 bits per heavy atom. The van der Waals surface area contributed by atoms with Crippen LogP contribution in [0.3, 0.4) is 0 Å². The molecule has 0 unspecified atom stereocenters. The van der Waals surface area contributed by atoms with Gasteiger partial charge in [-0.3, -0.25) is 4.79 Å². The third-order valence-electron chi connectivity index (χ3n) is 3.55. The normalized spacial score (nSPS) is 26.1. The van der Waals surface area contributed by atoms with Gasteiger partial charge in [-0.2, -0.15) is 0 Å². The molecule has 2 aliphatic rings. The first-order valence-electron chi connectivity index (χ1n) is 6.48. The lowest BCUT2D eigenvalue weighted by Gasteiger charge is -2.34. The molecule has 2 atom stereocenters. The largest absolute Gasteiger partial charge is 0.479 e. The van der Waals surface area contributed by atoms with Gasteiger partial charge in [-0.25, -0.2) is 4.79 Å². The molecule has 1 N–H and O–H groups in total. The van der Waals surface area contributed by atoms with Gasteiger partial charge in [-0.15, -0.1) is 23.1 Å². The van der Waals surface area contributed by atoms with Crippen molar-refractivity contribution in [3.8, 4) is 0 Å². The van der Waals surface area contributed by atoms with Crippen LogP contribution in [0.15, 0.2) is 11.4 Å². The van der Waals surface area contributed by atoms with Gasteiger partial charge in [0.1, 0.15) is 5.25 Å². The highest BCUT2D eigenvalue weighted by Gasteiger charge is 2.35. The van der Waals surface area contributed by atoms with Crippen molar-refractivity contribution in [1.82, 2.24) is 4.90 Å². The Kier molecular flexibility index (Phi) is 4.00. The number of carboxylic acid groups (broad SMARTS) is 1. The van der Waals surface area contributed by atoms with Crippen LogP contribution in [0, 0.1) is 0 Å². The number of thiophene rings is 1. The summed E-state index contributed by atoms with van der Waals surface area (Å²) in [6.45, 7) is 0.903. The van der Waals surface area contributed by atoms with Gasteiger partial charge in [0.15, 0.2) is 6.10 Å². The topological polar surface area (TPSA) is 66.8 Å². The van der Waals surface area contributed by atoms with E-state index in [1.807, 2.05) is 11.4 Å². The molecule has 0 aliphatic carbocycles. The molecule has 0 bridgehead atoms. The lowest BCUT2D eigenvalue weighted by atomic mass is 10.1.